The zero-order valence-electron chi connectivity index (χ0n) is 22.9. The smallest absolute Gasteiger partial charge is 0.254 e. The van der Waals surface area contributed by atoms with Gasteiger partial charge < -0.3 is 15.5 Å². The lowest BCUT2D eigenvalue weighted by Crippen LogP contribution is -2.54. The number of nitrogens with zero attached hydrogens (tertiary/aromatic N) is 4. The summed E-state index contributed by atoms with van der Waals surface area (Å²) in [5.41, 5.74) is 9.34. The van der Waals surface area contributed by atoms with Crippen molar-refractivity contribution in [2.45, 2.75) is 18.9 Å². The Morgan fingerprint density at radius 1 is 0.683 bits per heavy atom. The number of fused-ring (bicyclic) bond motifs is 1. The Balaban J connectivity index is 1.13. The minimum atomic E-state index is -0.504. The van der Waals surface area contributed by atoms with E-state index in [1.54, 1.807) is 18.2 Å². The number of piperidine rings is 1. The second kappa shape index (κ2) is 11.5. The number of carbonyl (C=O) groups is 3. The van der Waals surface area contributed by atoms with Crippen molar-refractivity contribution in [1.82, 2.24) is 19.7 Å². The van der Waals surface area contributed by atoms with E-state index in [2.05, 4.69) is 4.90 Å². The Morgan fingerprint density at radius 2 is 1.34 bits per heavy atom. The van der Waals surface area contributed by atoms with Gasteiger partial charge in [-0.2, -0.15) is 0 Å². The van der Waals surface area contributed by atoms with Crippen molar-refractivity contribution in [2.75, 3.05) is 39.3 Å². The van der Waals surface area contributed by atoms with E-state index in [1.807, 2.05) is 76.5 Å². The fourth-order valence-corrected chi connectivity index (χ4v) is 5.99. The molecule has 2 saturated heterocycles. The highest BCUT2D eigenvalue weighted by Crippen LogP contribution is 2.27. The van der Waals surface area contributed by atoms with Crippen molar-refractivity contribution in [3.63, 3.8) is 0 Å². The van der Waals surface area contributed by atoms with E-state index in [1.165, 1.54) is 0 Å². The Hall–Kier alpha value is -4.56. The summed E-state index contributed by atoms with van der Waals surface area (Å²) in [7, 11) is 0. The van der Waals surface area contributed by atoms with Gasteiger partial charge in [-0.25, -0.2) is 4.98 Å². The monoisotopic (exact) mass is 547 g/mol. The summed E-state index contributed by atoms with van der Waals surface area (Å²) >= 11 is 0. The number of hydrogen-bond acceptors (Lipinski definition) is 5. The number of aromatic nitrogens is 1. The van der Waals surface area contributed by atoms with Gasteiger partial charge in [0, 0.05) is 67.4 Å². The Kier molecular flexibility index (Phi) is 7.48. The van der Waals surface area contributed by atoms with Crippen LogP contribution in [-0.2, 0) is 0 Å². The summed E-state index contributed by atoms with van der Waals surface area (Å²) in [4.78, 5) is 49.6. The van der Waals surface area contributed by atoms with Gasteiger partial charge in [-0.05, 0) is 49.2 Å². The van der Waals surface area contributed by atoms with Gasteiger partial charge >= 0.3 is 0 Å². The maximum absolute atomic E-state index is 13.9. The highest BCUT2D eigenvalue weighted by atomic mass is 16.2. The fraction of sp³-hybridized carbons (Fsp3) is 0.273. The molecule has 2 N–H and O–H groups in total. The normalized spacial score (nSPS) is 16.6. The molecule has 8 nitrogen and oxygen atoms in total. The van der Waals surface area contributed by atoms with Gasteiger partial charge in [0.25, 0.3) is 11.8 Å². The molecule has 208 valence electrons. The molecule has 6 rings (SSSR count). The van der Waals surface area contributed by atoms with E-state index in [0.29, 0.717) is 36.0 Å². The molecule has 0 unspecified atom stereocenters. The predicted molar refractivity (Wildman–Crippen MR) is 159 cm³/mol. The van der Waals surface area contributed by atoms with Crippen LogP contribution in [0.1, 0.15) is 43.9 Å². The van der Waals surface area contributed by atoms with Crippen molar-refractivity contribution in [3.05, 3.63) is 102 Å². The first-order valence-electron chi connectivity index (χ1n) is 14.2. The molecule has 0 spiro atoms. The number of likely N-dealkylation sites (tertiary alicyclic amines) is 1. The number of rotatable bonds is 5. The maximum atomic E-state index is 13.9. The first kappa shape index (κ1) is 26.7. The van der Waals surface area contributed by atoms with Crippen LogP contribution in [-0.4, -0.2) is 82.7 Å². The lowest BCUT2D eigenvalue weighted by atomic mass is 10.00. The van der Waals surface area contributed by atoms with Crippen LogP contribution < -0.4 is 5.73 Å². The van der Waals surface area contributed by atoms with Crippen molar-refractivity contribution in [2.24, 2.45) is 5.73 Å². The number of pyridine rings is 1. The second-order valence-electron chi connectivity index (χ2n) is 10.7. The number of benzene rings is 3. The molecule has 0 aliphatic carbocycles. The number of hydrogen-bond donors (Lipinski definition) is 1. The van der Waals surface area contributed by atoms with Crippen LogP contribution in [0.3, 0.4) is 0 Å². The molecule has 2 aliphatic heterocycles. The van der Waals surface area contributed by atoms with E-state index < -0.39 is 5.91 Å². The average molecular weight is 548 g/mol. The van der Waals surface area contributed by atoms with Gasteiger partial charge in [-0.15, -0.1) is 0 Å². The first-order chi connectivity index (χ1) is 20.0. The average Bonchev–Trinajstić information content (AvgIpc) is 3.04. The molecule has 41 heavy (non-hydrogen) atoms. The molecule has 3 amide bonds. The number of nitrogens with two attached hydrogens (primary N) is 1. The third-order valence-corrected chi connectivity index (χ3v) is 8.28. The van der Waals surface area contributed by atoms with Crippen molar-refractivity contribution < 1.29 is 14.4 Å². The molecular formula is C33H33N5O3. The van der Waals surface area contributed by atoms with Crippen molar-refractivity contribution in [3.8, 4) is 11.3 Å². The standard InChI is InChI=1S/C33H33N5O3/c34-31(39)25-10-6-9-24(21-25)30-22-28(27-11-4-5-12-29(27)35-30)33(41)38-19-17-36(18-20-38)26-13-15-37(16-14-26)32(40)23-7-2-1-3-8-23/h1-12,21-22,26H,13-20H2,(H2,34,39). The van der Waals surface area contributed by atoms with Crippen molar-refractivity contribution in [1.29, 1.82) is 0 Å². The summed E-state index contributed by atoms with van der Waals surface area (Å²) in [6, 6.07) is 26.4. The molecule has 0 atom stereocenters. The number of amides is 3. The molecule has 8 heteroatoms. The zero-order valence-corrected chi connectivity index (χ0v) is 22.9. The minimum Gasteiger partial charge on any atom is -0.366 e. The number of piperazine rings is 1. The molecule has 1 aromatic heterocycles. The molecule has 0 radical (unpaired) electrons. The summed E-state index contributed by atoms with van der Waals surface area (Å²) in [6.45, 7) is 4.40. The van der Waals surface area contributed by atoms with Crippen LogP contribution in [0, 0.1) is 0 Å². The molecular weight excluding hydrogens is 514 g/mol. The Labute approximate surface area is 239 Å². The molecule has 4 aromatic rings. The number of para-hydroxylation sites is 1. The maximum Gasteiger partial charge on any atom is 0.254 e. The number of carbonyl (C=O) groups excluding carboxylic acids is 3. The lowest BCUT2D eigenvalue weighted by Gasteiger charge is -2.42. The number of primary amides is 1. The molecule has 3 aromatic carbocycles. The molecule has 2 aliphatic rings. The van der Waals surface area contributed by atoms with Gasteiger partial charge in [-0.3, -0.25) is 19.3 Å². The van der Waals surface area contributed by atoms with Crippen LogP contribution >= 0.6 is 0 Å². The van der Waals surface area contributed by atoms with Gasteiger partial charge in [-0.1, -0.05) is 48.5 Å². The van der Waals surface area contributed by atoms with Gasteiger partial charge in [0.15, 0.2) is 0 Å². The van der Waals surface area contributed by atoms with Crippen LogP contribution in [0.5, 0.6) is 0 Å². The summed E-state index contributed by atoms with van der Waals surface area (Å²) in [5, 5.41) is 0.810. The lowest BCUT2D eigenvalue weighted by molar-refractivity contribution is 0.0413. The van der Waals surface area contributed by atoms with E-state index >= 15 is 0 Å². The zero-order chi connectivity index (χ0) is 28.3. The van der Waals surface area contributed by atoms with E-state index in [-0.39, 0.29) is 11.8 Å². The molecule has 2 fully saturated rings. The third-order valence-electron chi connectivity index (χ3n) is 8.28. The summed E-state index contributed by atoms with van der Waals surface area (Å²) in [5.74, 6) is -0.418. The third kappa shape index (κ3) is 5.56. The van der Waals surface area contributed by atoms with E-state index in [0.717, 1.165) is 61.1 Å². The topological polar surface area (TPSA) is 99.8 Å². The van der Waals surface area contributed by atoms with Crippen LogP contribution in [0.25, 0.3) is 22.2 Å². The quantitative estimate of drug-likeness (QED) is 0.406. The van der Waals surface area contributed by atoms with Crippen LogP contribution in [0.4, 0.5) is 0 Å². The van der Waals surface area contributed by atoms with Gasteiger partial charge in [0.1, 0.15) is 0 Å². The van der Waals surface area contributed by atoms with Crippen LogP contribution in [0.15, 0.2) is 84.9 Å². The van der Waals surface area contributed by atoms with Gasteiger partial charge in [0.2, 0.25) is 5.91 Å². The highest BCUT2D eigenvalue weighted by Gasteiger charge is 2.31. The summed E-state index contributed by atoms with van der Waals surface area (Å²) < 4.78 is 0. The Bertz CT molecular complexity index is 1590. The summed E-state index contributed by atoms with van der Waals surface area (Å²) in [6.07, 6.45) is 1.88. The molecule has 0 saturated carbocycles. The van der Waals surface area contributed by atoms with Crippen LogP contribution in [0.2, 0.25) is 0 Å². The molecule has 0 bridgehead atoms. The fourth-order valence-electron chi connectivity index (χ4n) is 5.99. The van der Waals surface area contributed by atoms with E-state index in [9.17, 15) is 14.4 Å². The molecule has 3 heterocycles. The van der Waals surface area contributed by atoms with Crippen molar-refractivity contribution >= 4 is 28.6 Å². The minimum absolute atomic E-state index is 0.0150. The Morgan fingerprint density at radius 3 is 2.07 bits per heavy atom. The van der Waals surface area contributed by atoms with Gasteiger partial charge in [0.05, 0.1) is 16.8 Å². The largest absolute Gasteiger partial charge is 0.366 e. The second-order valence-corrected chi connectivity index (χ2v) is 10.7. The highest BCUT2D eigenvalue weighted by molar-refractivity contribution is 6.07. The SMILES string of the molecule is NC(=O)c1cccc(-c2cc(C(=O)N3CCN(C4CCN(C(=O)c5ccccc5)CC4)CC3)c3ccccc3n2)c1. The predicted octanol–water partition coefficient (Wildman–Crippen LogP) is 4.06. The van der Waals surface area contributed by atoms with E-state index in [4.69, 9.17) is 10.7 Å². The first-order valence-corrected chi connectivity index (χ1v) is 14.2.